The maximum absolute atomic E-state index is 4.92. The molecule has 1 aromatic heterocycles. The van der Waals surface area contributed by atoms with Crippen molar-refractivity contribution in [3.63, 3.8) is 0 Å². The molecule has 0 aliphatic rings. The molecule has 37 heavy (non-hydrogen) atoms. The molecule has 0 atom stereocenters. The van der Waals surface area contributed by atoms with E-state index in [0.717, 1.165) is 22.8 Å². The van der Waals surface area contributed by atoms with Crippen LogP contribution < -0.4 is 24.8 Å². The fraction of sp³-hybridized carbons (Fsp3) is 0.387. The Labute approximate surface area is 247 Å². The fourth-order valence-electron chi connectivity index (χ4n) is 4.20. The van der Waals surface area contributed by atoms with Gasteiger partial charge in [0.2, 0.25) is 0 Å². The van der Waals surface area contributed by atoms with Crippen LogP contribution in [-0.4, -0.2) is 17.4 Å². The van der Waals surface area contributed by atoms with E-state index in [1.54, 1.807) is 0 Å². The van der Waals surface area contributed by atoms with Crippen molar-refractivity contribution in [1.29, 1.82) is 0 Å². The predicted molar refractivity (Wildman–Crippen MR) is 148 cm³/mol. The molecule has 0 spiro atoms. The number of aliphatic imine (C=N–C) groups is 2. The maximum Gasteiger partial charge on any atom is 2.00 e. The first-order valence-corrected chi connectivity index (χ1v) is 12.5. The van der Waals surface area contributed by atoms with Crippen LogP contribution in [0, 0.1) is 0 Å². The van der Waals surface area contributed by atoms with Gasteiger partial charge in [0.1, 0.15) is 0 Å². The van der Waals surface area contributed by atoms with Crippen molar-refractivity contribution in [2.75, 3.05) is 0 Å². The SMILES string of the molecule is CC(C)c1cccc(C(C)C)c1N=Cc1cccc(C=Nc2c(C(C)C)cccc2C(C)C)n1.[Cl-].[Cl-].[Fe+2]. The maximum atomic E-state index is 4.92. The second-order valence-corrected chi connectivity index (χ2v) is 10.2. The minimum absolute atomic E-state index is 0. The molecule has 0 N–H and O–H groups in total. The summed E-state index contributed by atoms with van der Waals surface area (Å²) in [5.41, 5.74) is 8.88. The third kappa shape index (κ3) is 9.07. The second kappa shape index (κ2) is 16.1. The summed E-state index contributed by atoms with van der Waals surface area (Å²) in [6, 6.07) is 19.0. The van der Waals surface area contributed by atoms with Gasteiger partial charge < -0.3 is 24.8 Å². The molecule has 2 aromatic carbocycles. The Kier molecular flexibility index (Phi) is 15.2. The van der Waals surface area contributed by atoms with Gasteiger partial charge in [-0.1, -0.05) is 97.9 Å². The second-order valence-electron chi connectivity index (χ2n) is 10.2. The summed E-state index contributed by atoms with van der Waals surface area (Å²) in [4.78, 5) is 14.6. The van der Waals surface area contributed by atoms with Gasteiger partial charge in [0.05, 0.1) is 35.2 Å². The van der Waals surface area contributed by atoms with Gasteiger partial charge in [-0.05, 0) is 58.1 Å². The van der Waals surface area contributed by atoms with Crippen molar-refractivity contribution < 1.29 is 41.9 Å². The first-order chi connectivity index (χ1) is 16.2. The van der Waals surface area contributed by atoms with Gasteiger partial charge in [0.15, 0.2) is 0 Å². The van der Waals surface area contributed by atoms with E-state index in [1.807, 2.05) is 30.6 Å². The van der Waals surface area contributed by atoms with Crippen molar-refractivity contribution in [2.24, 2.45) is 9.98 Å². The van der Waals surface area contributed by atoms with Gasteiger partial charge in [-0.3, -0.25) is 9.98 Å². The Morgan fingerprint density at radius 2 is 0.784 bits per heavy atom. The molecule has 200 valence electrons. The zero-order valence-electron chi connectivity index (χ0n) is 23.1. The average Bonchev–Trinajstić information content (AvgIpc) is 2.80. The smallest absolute Gasteiger partial charge is 1.00 e. The summed E-state index contributed by atoms with van der Waals surface area (Å²) < 4.78 is 0. The molecule has 0 fully saturated rings. The molecule has 3 aromatic rings. The van der Waals surface area contributed by atoms with E-state index >= 15 is 0 Å². The number of hydrogen-bond donors (Lipinski definition) is 0. The van der Waals surface area contributed by atoms with Crippen LogP contribution >= 0.6 is 0 Å². The normalized spacial score (nSPS) is 11.4. The molecule has 3 rings (SSSR count). The topological polar surface area (TPSA) is 37.6 Å². The third-order valence-corrected chi connectivity index (χ3v) is 6.13. The molecule has 3 nitrogen and oxygen atoms in total. The van der Waals surface area contributed by atoms with E-state index in [0.29, 0.717) is 23.7 Å². The van der Waals surface area contributed by atoms with Crippen LogP contribution in [0.2, 0.25) is 0 Å². The summed E-state index contributed by atoms with van der Waals surface area (Å²) in [6.07, 6.45) is 3.76. The van der Waals surface area contributed by atoms with Crippen molar-refractivity contribution in [3.8, 4) is 0 Å². The van der Waals surface area contributed by atoms with Crippen LogP contribution in [0.1, 0.15) is 113 Å². The van der Waals surface area contributed by atoms with Gasteiger partial charge >= 0.3 is 17.1 Å². The van der Waals surface area contributed by atoms with E-state index in [-0.39, 0.29) is 41.9 Å². The Balaban J connectivity index is 0.00000432. The van der Waals surface area contributed by atoms with Crippen LogP contribution in [0.4, 0.5) is 11.4 Å². The quantitative estimate of drug-likeness (QED) is 0.298. The standard InChI is InChI=1S/C31H39N3.2ClH.Fe/c1-20(2)26-14-10-15-27(21(3)4)30(26)32-18-24-12-9-13-25(34-24)19-33-31-28(22(5)6)16-11-17-29(31)23(7)8;;;/h9-23H,1-8H3;2*1H;/q;;;+2/p-2. The molecule has 0 amide bonds. The van der Waals surface area contributed by atoms with Crippen molar-refractivity contribution >= 4 is 23.8 Å². The number of para-hydroxylation sites is 2. The first kappa shape index (κ1) is 35.0. The van der Waals surface area contributed by atoms with Crippen LogP contribution in [-0.2, 0) is 17.1 Å². The molecule has 0 saturated heterocycles. The number of hydrogen-bond acceptors (Lipinski definition) is 3. The molecule has 0 bridgehead atoms. The molecule has 0 unspecified atom stereocenters. The van der Waals surface area contributed by atoms with Crippen LogP contribution in [0.5, 0.6) is 0 Å². The summed E-state index contributed by atoms with van der Waals surface area (Å²) >= 11 is 0. The van der Waals surface area contributed by atoms with Gasteiger partial charge in [-0.25, -0.2) is 4.98 Å². The molecule has 0 aliphatic carbocycles. The summed E-state index contributed by atoms with van der Waals surface area (Å²) in [5, 5.41) is 0. The molecule has 6 heteroatoms. The summed E-state index contributed by atoms with van der Waals surface area (Å²) in [6.45, 7) is 17.7. The van der Waals surface area contributed by atoms with Crippen molar-refractivity contribution in [2.45, 2.75) is 79.1 Å². The van der Waals surface area contributed by atoms with E-state index in [9.17, 15) is 0 Å². The van der Waals surface area contributed by atoms with Gasteiger partial charge in [0.25, 0.3) is 0 Å². The number of halogens is 2. The van der Waals surface area contributed by atoms with E-state index in [1.165, 1.54) is 22.3 Å². The minimum atomic E-state index is 0. The predicted octanol–water partition coefficient (Wildman–Crippen LogP) is 3.08. The number of pyridine rings is 1. The number of aromatic nitrogens is 1. The summed E-state index contributed by atoms with van der Waals surface area (Å²) in [5.74, 6) is 1.64. The Morgan fingerprint density at radius 3 is 1.05 bits per heavy atom. The van der Waals surface area contributed by atoms with E-state index < -0.39 is 0 Å². The molecule has 0 radical (unpaired) electrons. The van der Waals surface area contributed by atoms with Gasteiger partial charge in [-0.15, -0.1) is 0 Å². The fourth-order valence-corrected chi connectivity index (χ4v) is 4.20. The Morgan fingerprint density at radius 1 is 0.514 bits per heavy atom. The average molecular weight is 580 g/mol. The van der Waals surface area contributed by atoms with Crippen LogP contribution in [0.25, 0.3) is 0 Å². The molecule has 0 aliphatic heterocycles. The third-order valence-electron chi connectivity index (χ3n) is 6.13. The minimum Gasteiger partial charge on any atom is -1.00 e. The van der Waals surface area contributed by atoms with Crippen molar-refractivity contribution in [1.82, 2.24) is 4.98 Å². The number of rotatable bonds is 8. The van der Waals surface area contributed by atoms with Crippen molar-refractivity contribution in [3.05, 3.63) is 88.2 Å². The van der Waals surface area contributed by atoms with Gasteiger partial charge in [-0.2, -0.15) is 0 Å². The van der Waals surface area contributed by atoms with E-state index in [2.05, 4.69) is 91.8 Å². The van der Waals surface area contributed by atoms with E-state index in [4.69, 9.17) is 15.0 Å². The van der Waals surface area contributed by atoms with Crippen LogP contribution in [0.15, 0.2) is 64.6 Å². The largest absolute Gasteiger partial charge is 2.00 e. The first-order valence-electron chi connectivity index (χ1n) is 12.5. The van der Waals surface area contributed by atoms with Gasteiger partial charge in [0, 0.05) is 0 Å². The summed E-state index contributed by atoms with van der Waals surface area (Å²) in [7, 11) is 0. The molecular weight excluding hydrogens is 541 g/mol. The number of benzene rings is 2. The molecule has 1 heterocycles. The molecular formula is C31H39Cl2FeN3. The Bertz CT molecular complexity index is 1040. The van der Waals surface area contributed by atoms with Crippen LogP contribution in [0.3, 0.4) is 0 Å². The number of nitrogens with zero attached hydrogens (tertiary/aromatic N) is 3. The molecule has 0 saturated carbocycles. The Hall–Kier alpha value is -1.97. The zero-order chi connectivity index (χ0) is 24.8. The monoisotopic (exact) mass is 579 g/mol. The zero-order valence-corrected chi connectivity index (χ0v) is 25.7.